The van der Waals surface area contributed by atoms with Crippen LogP contribution >= 0.6 is 0 Å². The molecule has 17 nitrogen and oxygen atoms in total. The fraction of sp³-hybridized carbons (Fsp3) is 0.474. The Morgan fingerprint density at radius 3 is 2.30 bits per heavy atom. The molecule has 4 aromatic carbocycles. The van der Waals surface area contributed by atoms with Gasteiger partial charge in [0.25, 0.3) is 5.91 Å². The van der Waals surface area contributed by atoms with Crippen LogP contribution in [0.15, 0.2) is 78.9 Å². The van der Waals surface area contributed by atoms with Gasteiger partial charge in [-0.1, -0.05) is 57.2 Å². The molecule has 4 aliphatic heterocycles. The highest BCUT2D eigenvalue weighted by Gasteiger charge is 2.48. The molecule has 0 aromatic heterocycles. The molecule has 2 saturated heterocycles. The van der Waals surface area contributed by atoms with Crippen LogP contribution in [-0.4, -0.2) is 146 Å². The topological polar surface area (TPSA) is 197 Å². The summed E-state index contributed by atoms with van der Waals surface area (Å²) in [5, 5.41) is 17.1. The minimum atomic E-state index is -1.46. The highest BCUT2D eigenvalue weighted by molar-refractivity contribution is 6.05. The number of morpholine rings is 1. The Bertz CT molecular complexity index is 2860. The molecule has 0 saturated carbocycles. The quantitative estimate of drug-likeness (QED) is 0.0919. The molecular formula is C57H71F3N10O7. The third-order valence-electron chi connectivity index (χ3n) is 15.3. The minimum Gasteiger partial charge on any atom is -0.379 e. The molecule has 2 fully saturated rings. The fourth-order valence-corrected chi connectivity index (χ4v) is 10.7. The number of carbonyl (C=O) groups is 6. The molecule has 7 atom stereocenters. The third kappa shape index (κ3) is 12.7. The van der Waals surface area contributed by atoms with Crippen LogP contribution in [0.25, 0.3) is 0 Å². The number of halogens is 3. The summed E-state index contributed by atoms with van der Waals surface area (Å²) in [6, 6.07) is 16.8. The Hall–Kier alpha value is -6.71. The van der Waals surface area contributed by atoms with Crippen molar-refractivity contribution in [2.75, 3.05) is 81.6 Å². The maximum Gasteiger partial charge on any atom is 0.252 e. The lowest BCUT2D eigenvalue weighted by Crippen LogP contribution is -2.62. The van der Waals surface area contributed by atoms with Gasteiger partial charge in [-0.2, -0.15) is 0 Å². The van der Waals surface area contributed by atoms with Gasteiger partial charge in [-0.15, -0.1) is 0 Å². The van der Waals surface area contributed by atoms with E-state index in [9.17, 15) is 41.9 Å². The first-order chi connectivity index (χ1) is 36.5. The van der Waals surface area contributed by atoms with Crippen molar-refractivity contribution in [2.45, 2.75) is 103 Å². The minimum absolute atomic E-state index is 0.00399. The first-order valence-corrected chi connectivity index (χ1v) is 26.3. The molecule has 0 bridgehead atoms. The number of hydrogen-bond donors (Lipinski definition) is 6. The van der Waals surface area contributed by atoms with Crippen LogP contribution in [0.1, 0.15) is 82.3 Å². The summed E-state index contributed by atoms with van der Waals surface area (Å²) in [6.45, 7) is 16.5. The van der Waals surface area contributed by atoms with Gasteiger partial charge in [-0.25, -0.2) is 13.2 Å². The number of hydrogen-bond acceptors (Lipinski definition) is 11. The van der Waals surface area contributed by atoms with Crippen LogP contribution in [0.3, 0.4) is 0 Å². The summed E-state index contributed by atoms with van der Waals surface area (Å²) in [4.78, 5) is 92.6. The summed E-state index contributed by atoms with van der Waals surface area (Å²) in [6.07, 6.45) is 0.451. The van der Waals surface area contributed by atoms with E-state index in [0.717, 1.165) is 42.4 Å². The van der Waals surface area contributed by atoms with Gasteiger partial charge in [0.2, 0.25) is 29.5 Å². The number of likely N-dealkylation sites (N-methyl/N-ethyl adjacent to an activating group) is 1. The van der Waals surface area contributed by atoms with E-state index in [4.69, 9.17) is 4.74 Å². The molecule has 4 aliphatic rings. The van der Waals surface area contributed by atoms with Crippen molar-refractivity contribution in [1.29, 1.82) is 0 Å². The number of anilines is 3. The van der Waals surface area contributed by atoms with Crippen LogP contribution < -0.4 is 36.8 Å². The van der Waals surface area contributed by atoms with Crippen molar-refractivity contribution in [3.8, 4) is 0 Å². The maximum absolute atomic E-state index is 15.0. The van der Waals surface area contributed by atoms with Crippen molar-refractivity contribution in [3.63, 3.8) is 0 Å². The van der Waals surface area contributed by atoms with Gasteiger partial charge in [-0.05, 0) is 117 Å². The maximum atomic E-state index is 15.0. The summed E-state index contributed by atoms with van der Waals surface area (Å²) < 4.78 is 49.5. The summed E-state index contributed by atoms with van der Waals surface area (Å²) in [7, 11) is 1.60. The fourth-order valence-electron chi connectivity index (χ4n) is 10.7. The molecule has 20 heteroatoms. The number of benzene rings is 4. The molecule has 4 heterocycles. The summed E-state index contributed by atoms with van der Waals surface area (Å²) in [5.74, 6) is -5.77. The number of ether oxygens (including phenoxy) is 1. The van der Waals surface area contributed by atoms with Gasteiger partial charge in [-0.3, -0.25) is 38.6 Å². The number of rotatable bonds is 16. The molecule has 8 rings (SSSR count). The third-order valence-corrected chi connectivity index (χ3v) is 15.3. The Balaban J connectivity index is 1.01. The van der Waals surface area contributed by atoms with Gasteiger partial charge in [0.15, 0.2) is 0 Å². The number of amides is 6. The first-order valence-electron chi connectivity index (χ1n) is 26.3. The SMILES string of the molecule is CNC(C)C(=O)NC(C(=O)N1Cc2ccc(NC(=O)CNC(=O)C3(C)CN(C(=O)CN4C[C@@H](C)NC[C@@H]4CN4CCOCC4C)c4cc(Cc5ccc(F)cc5)ccc43)cc2C1C(=O)Nc1c(F)cccc1F)C(C)(C)C. The highest BCUT2D eigenvalue weighted by Crippen LogP contribution is 2.43. The van der Waals surface area contributed by atoms with Crippen molar-refractivity contribution in [1.82, 2.24) is 36.0 Å². The standard InChI is InChI=1S/C57H71F3N10O7/c1-33-27-68(41(25-62-33)29-67-20-21-77-31-34(67)2)30-48(72)70-32-57(7,43-19-14-37(23-46(43)70)22-36-12-16-39(58)17-13-36)55(76)63-26-47(71)64-40-18-15-38-28-69(54(75)51(56(4,5)6)66-52(73)35(3)61-8)50(42(38)24-40)53(74)65-49-44(59)10-9-11-45(49)60/h9-19,23-24,33-35,41,50-51,61-62H,20-22,25-32H2,1-8H3,(H,63,76)(H,64,71)(H,65,74)(H,66,73)/t33-,34?,35?,41-,50?,51?,57?/m1/s1. The monoisotopic (exact) mass is 1060 g/mol. The molecule has 6 amide bonds. The van der Waals surface area contributed by atoms with E-state index in [2.05, 4.69) is 55.5 Å². The zero-order chi connectivity index (χ0) is 55.5. The highest BCUT2D eigenvalue weighted by atomic mass is 19.1. The normalized spacial score (nSPS) is 22.4. The van der Waals surface area contributed by atoms with E-state index >= 15 is 0 Å². The van der Waals surface area contributed by atoms with E-state index in [0.29, 0.717) is 49.5 Å². The molecule has 0 spiro atoms. The lowest BCUT2D eigenvalue weighted by atomic mass is 9.83. The first kappa shape index (κ1) is 56.5. The summed E-state index contributed by atoms with van der Waals surface area (Å²) in [5.41, 5.74) is 0.985. The lowest BCUT2D eigenvalue weighted by Gasteiger charge is -2.43. The number of fused-ring (bicyclic) bond motifs is 2. The Labute approximate surface area is 448 Å². The molecular weight excluding hydrogens is 994 g/mol. The largest absolute Gasteiger partial charge is 0.379 e. The predicted molar refractivity (Wildman–Crippen MR) is 286 cm³/mol. The van der Waals surface area contributed by atoms with Crippen molar-refractivity contribution in [2.24, 2.45) is 5.41 Å². The average molecular weight is 1070 g/mol. The number of piperazine rings is 1. The van der Waals surface area contributed by atoms with Crippen molar-refractivity contribution in [3.05, 3.63) is 124 Å². The van der Waals surface area contributed by atoms with Gasteiger partial charge >= 0.3 is 0 Å². The molecule has 77 heavy (non-hydrogen) atoms. The van der Waals surface area contributed by atoms with Crippen LogP contribution in [0.2, 0.25) is 0 Å². The average Bonchev–Trinajstić information content (AvgIpc) is 4.00. The molecule has 6 N–H and O–H groups in total. The Morgan fingerprint density at radius 2 is 1.61 bits per heavy atom. The van der Waals surface area contributed by atoms with Crippen LogP contribution in [-0.2, 0) is 51.9 Å². The van der Waals surface area contributed by atoms with E-state index in [1.807, 2.05) is 18.2 Å². The molecule has 412 valence electrons. The van der Waals surface area contributed by atoms with Gasteiger partial charge in [0, 0.05) is 68.8 Å². The molecule has 0 aliphatic carbocycles. The van der Waals surface area contributed by atoms with Gasteiger partial charge < -0.3 is 46.4 Å². The van der Waals surface area contributed by atoms with E-state index in [1.165, 1.54) is 23.1 Å². The molecule has 5 unspecified atom stereocenters. The number of carbonyl (C=O) groups excluding carboxylic acids is 6. The zero-order valence-corrected chi connectivity index (χ0v) is 45.0. The smallest absolute Gasteiger partial charge is 0.252 e. The van der Waals surface area contributed by atoms with Crippen LogP contribution in [0.4, 0.5) is 30.2 Å². The second kappa shape index (κ2) is 23.5. The van der Waals surface area contributed by atoms with E-state index in [1.54, 1.807) is 70.8 Å². The predicted octanol–water partition coefficient (Wildman–Crippen LogP) is 4.60. The molecule has 4 aromatic rings. The Morgan fingerprint density at radius 1 is 0.896 bits per heavy atom. The number of nitrogens with zero attached hydrogens (tertiary/aromatic N) is 4. The summed E-state index contributed by atoms with van der Waals surface area (Å²) >= 11 is 0. The second-order valence-electron chi connectivity index (χ2n) is 22.2. The lowest BCUT2D eigenvalue weighted by molar-refractivity contribution is -0.144. The zero-order valence-electron chi connectivity index (χ0n) is 45.0. The van der Waals surface area contributed by atoms with Crippen molar-refractivity contribution < 1.29 is 46.7 Å². The Kier molecular flexibility index (Phi) is 17.2. The molecule has 0 radical (unpaired) electrons. The second-order valence-corrected chi connectivity index (χ2v) is 22.2. The number of para-hydroxylation sites is 1. The van der Waals surface area contributed by atoms with Crippen molar-refractivity contribution >= 4 is 52.5 Å². The van der Waals surface area contributed by atoms with Gasteiger partial charge in [0.1, 0.15) is 35.2 Å². The van der Waals surface area contributed by atoms with E-state index in [-0.39, 0.29) is 60.7 Å². The van der Waals surface area contributed by atoms with E-state index < -0.39 is 82.4 Å². The van der Waals surface area contributed by atoms with Crippen LogP contribution in [0.5, 0.6) is 0 Å². The number of nitrogens with one attached hydrogen (secondary N) is 6. The van der Waals surface area contributed by atoms with Crippen LogP contribution in [0, 0.1) is 22.9 Å². The van der Waals surface area contributed by atoms with Gasteiger partial charge in [0.05, 0.1) is 37.8 Å².